The third-order valence-corrected chi connectivity index (χ3v) is 9.09. The van der Waals surface area contributed by atoms with Crippen molar-refractivity contribution in [2.45, 2.75) is 64.6 Å². The van der Waals surface area contributed by atoms with Crippen molar-refractivity contribution in [3.63, 3.8) is 0 Å². The van der Waals surface area contributed by atoms with Gasteiger partial charge in [-0.1, -0.05) is 48.9 Å². The zero-order valence-corrected chi connectivity index (χ0v) is 26.2. The van der Waals surface area contributed by atoms with E-state index >= 15 is 0 Å². The van der Waals surface area contributed by atoms with E-state index in [9.17, 15) is 18.0 Å². The Kier molecular flexibility index (Phi) is 11.0. The van der Waals surface area contributed by atoms with Crippen LogP contribution >= 0.6 is 0 Å². The molecule has 0 aromatic heterocycles. The van der Waals surface area contributed by atoms with Crippen LogP contribution < -0.4 is 19.1 Å². The molecule has 3 rings (SSSR count). The molecule has 0 saturated heterocycles. The Morgan fingerprint density at radius 3 is 2.19 bits per heavy atom. The van der Waals surface area contributed by atoms with E-state index in [1.54, 1.807) is 31.2 Å². The van der Waals surface area contributed by atoms with Gasteiger partial charge in [-0.3, -0.25) is 13.9 Å². The van der Waals surface area contributed by atoms with Gasteiger partial charge in [-0.05, 0) is 69.5 Å². The third-order valence-electron chi connectivity index (χ3n) is 7.31. The number of carbonyl (C=O) groups excluding carboxylic acids is 2. The summed E-state index contributed by atoms with van der Waals surface area (Å²) in [5, 5.41) is 2.94. The Morgan fingerprint density at radius 2 is 1.60 bits per heavy atom. The van der Waals surface area contributed by atoms with Crippen molar-refractivity contribution in [3.05, 3.63) is 83.4 Å². The van der Waals surface area contributed by atoms with Crippen LogP contribution in [-0.2, 0) is 26.2 Å². The summed E-state index contributed by atoms with van der Waals surface area (Å²) in [5.41, 5.74) is 2.82. The van der Waals surface area contributed by atoms with E-state index in [0.29, 0.717) is 5.75 Å². The van der Waals surface area contributed by atoms with Crippen LogP contribution in [0.1, 0.15) is 43.9 Å². The van der Waals surface area contributed by atoms with Crippen LogP contribution in [0, 0.1) is 13.8 Å². The molecule has 9 nitrogen and oxygen atoms in total. The summed E-state index contributed by atoms with van der Waals surface area (Å²) in [6, 6.07) is 17.8. The lowest BCUT2D eigenvalue weighted by Crippen LogP contribution is -2.52. The molecule has 3 aromatic carbocycles. The maximum atomic E-state index is 14.2. The highest BCUT2D eigenvalue weighted by atomic mass is 32.2. The number of carbonyl (C=O) groups is 2. The third kappa shape index (κ3) is 7.61. The summed E-state index contributed by atoms with van der Waals surface area (Å²) in [6.07, 6.45) is 0.725. The predicted molar refractivity (Wildman–Crippen MR) is 164 cm³/mol. The number of nitrogens with zero attached hydrogens (tertiary/aromatic N) is 2. The summed E-state index contributed by atoms with van der Waals surface area (Å²) in [4.78, 5) is 28.9. The van der Waals surface area contributed by atoms with Gasteiger partial charge in [0, 0.05) is 18.7 Å². The molecule has 0 heterocycles. The molecule has 0 spiro atoms. The number of hydrogen-bond donors (Lipinski definition) is 1. The van der Waals surface area contributed by atoms with Gasteiger partial charge < -0.3 is 19.7 Å². The minimum atomic E-state index is -4.26. The number of rotatable bonds is 13. The number of sulfonamides is 1. The van der Waals surface area contributed by atoms with Crippen molar-refractivity contribution in [2.75, 3.05) is 25.1 Å². The first-order valence-corrected chi connectivity index (χ1v) is 15.3. The topological polar surface area (TPSA) is 105 Å². The van der Waals surface area contributed by atoms with Gasteiger partial charge in [-0.15, -0.1) is 0 Å². The Hall–Kier alpha value is -4.05. The molecule has 2 atom stereocenters. The van der Waals surface area contributed by atoms with Crippen LogP contribution in [0.4, 0.5) is 5.69 Å². The van der Waals surface area contributed by atoms with Crippen LogP contribution in [0.5, 0.6) is 11.5 Å². The molecular formula is C32H41N3O6S. The van der Waals surface area contributed by atoms with Crippen molar-refractivity contribution < 1.29 is 27.5 Å². The molecule has 0 unspecified atom stereocenters. The van der Waals surface area contributed by atoms with Crippen molar-refractivity contribution >= 4 is 27.5 Å². The van der Waals surface area contributed by atoms with Gasteiger partial charge in [0.2, 0.25) is 11.8 Å². The lowest BCUT2D eigenvalue weighted by Gasteiger charge is -2.33. The van der Waals surface area contributed by atoms with Gasteiger partial charge in [0.25, 0.3) is 10.0 Å². The van der Waals surface area contributed by atoms with E-state index in [1.165, 1.54) is 37.3 Å². The molecular weight excluding hydrogens is 554 g/mol. The van der Waals surface area contributed by atoms with E-state index < -0.39 is 28.5 Å². The van der Waals surface area contributed by atoms with Crippen LogP contribution in [0.2, 0.25) is 0 Å². The van der Waals surface area contributed by atoms with E-state index in [0.717, 1.165) is 27.4 Å². The maximum absolute atomic E-state index is 14.2. The van der Waals surface area contributed by atoms with Crippen LogP contribution in [0.3, 0.4) is 0 Å². The molecule has 10 heteroatoms. The number of aryl methyl sites for hydroxylation is 2. The molecule has 1 N–H and O–H groups in total. The molecule has 42 heavy (non-hydrogen) atoms. The summed E-state index contributed by atoms with van der Waals surface area (Å²) in [7, 11) is -1.36. The van der Waals surface area contributed by atoms with Crippen LogP contribution in [-0.4, -0.2) is 58.0 Å². The Balaban J connectivity index is 2.13. The fourth-order valence-corrected chi connectivity index (χ4v) is 5.78. The largest absolute Gasteiger partial charge is 0.497 e. The second kappa shape index (κ2) is 14.2. The van der Waals surface area contributed by atoms with Crippen molar-refractivity contribution in [3.8, 4) is 11.5 Å². The lowest BCUT2D eigenvalue weighted by atomic mass is 10.1. The van der Waals surface area contributed by atoms with Gasteiger partial charge in [-0.2, -0.15) is 0 Å². The highest BCUT2D eigenvalue weighted by Gasteiger charge is 2.34. The Morgan fingerprint density at radius 1 is 0.929 bits per heavy atom. The number of nitrogens with one attached hydrogen (secondary N) is 1. The molecule has 0 aliphatic rings. The smallest absolute Gasteiger partial charge is 0.264 e. The summed E-state index contributed by atoms with van der Waals surface area (Å²) in [6.45, 7) is 8.83. The number of benzene rings is 3. The van der Waals surface area contributed by atoms with E-state index in [4.69, 9.17) is 9.47 Å². The predicted octanol–water partition coefficient (Wildman–Crippen LogP) is 4.85. The zero-order valence-electron chi connectivity index (χ0n) is 25.4. The standard InChI is InChI=1S/C32H41N3O6S/c1-8-24(4)33-32(37)25(5)34(20-26-12-10-9-11-23(26)3)31(36)21-35(29-19-27(40-6)15-18-30(29)41-7)42(38,39)28-16-13-22(2)14-17-28/h9-19,24-25H,8,20-21H2,1-7H3,(H,33,37)/t24-,25-/m0/s1. The number of hydrogen-bond acceptors (Lipinski definition) is 6. The molecule has 2 amide bonds. The summed E-state index contributed by atoms with van der Waals surface area (Å²) < 4.78 is 40.2. The SMILES string of the molecule is CC[C@H](C)NC(=O)[C@H](C)N(Cc1ccccc1C)C(=O)CN(c1cc(OC)ccc1OC)S(=O)(=O)c1ccc(C)cc1. The monoisotopic (exact) mass is 595 g/mol. The lowest BCUT2D eigenvalue weighted by molar-refractivity contribution is -0.139. The number of anilines is 1. The Bertz CT molecular complexity index is 1490. The number of ether oxygens (including phenoxy) is 2. The quantitative estimate of drug-likeness (QED) is 0.303. The fraction of sp³-hybridized carbons (Fsp3) is 0.375. The highest BCUT2D eigenvalue weighted by molar-refractivity contribution is 7.92. The molecule has 0 aliphatic heterocycles. The van der Waals surface area contributed by atoms with E-state index in [-0.39, 0.29) is 34.8 Å². The molecule has 0 radical (unpaired) electrons. The normalized spacial score (nSPS) is 12.6. The first kappa shape index (κ1) is 32.5. The molecule has 0 bridgehead atoms. The molecule has 0 saturated carbocycles. The van der Waals surface area contributed by atoms with Crippen molar-refractivity contribution in [2.24, 2.45) is 0 Å². The zero-order chi connectivity index (χ0) is 31.0. The van der Waals surface area contributed by atoms with Gasteiger partial charge >= 0.3 is 0 Å². The van der Waals surface area contributed by atoms with Gasteiger partial charge in [0.1, 0.15) is 24.1 Å². The number of methoxy groups -OCH3 is 2. The first-order chi connectivity index (χ1) is 19.9. The second-order valence-electron chi connectivity index (χ2n) is 10.3. The van der Waals surface area contributed by atoms with Gasteiger partial charge in [0.15, 0.2) is 0 Å². The molecule has 0 fully saturated rings. The van der Waals surface area contributed by atoms with Crippen molar-refractivity contribution in [1.82, 2.24) is 10.2 Å². The minimum absolute atomic E-state index is 0.0128. The van der Waals surface area contributed by atoms with E-state index in [2.05, 4.69) is 5.32 Å². The molecule has 3 aromatic rings. The first-order valence-electron chi connectivity index (χ1n) is 13.9. The second-order valence-corrected chi connectivity index (χ2v) is 12.2. The Labute approximate surface area is 249 Å². The summed E-state index contributed by atoms with van der Waals surface area (Å²) in [5.74, 6) is -0.239. The highest BCUT2D eigenvalue weighted by Crippen LogP contribution is 2.36. The van der Waals surface area contributed by atoms with Crippen LogP contribution in [0.25, 0.3) is 0 Å². The molecule has 0 aliphatic carbocycles. The fourth-order valence-electron chi connectivity index (χ4n) is 4.36. The van der Waals surface area contributed by atoms with E-state index in [1.807, 2.05) is 52.0 Å². The average molecular weight is 596 g/mol. The van der Waals surface area contributed by atoms with Gasteiger partial charge in [0.05, 0.1) is 24.8 Å². The van der Waals surface area contributed by atoms with Gasteiger partial charge in [-0.25, -0.2) is 8.42 Å². The average Bonchev–Trinajstić information content (AvgIpc) is 2.98. The maximum Gasteiger partial charge on any atom is 0.264 e. The molecule has 226 valence electrons. The minimum Gasteiger partial charge on any atom is -0.497 e. The summed E-state index contributed by atoms with van der Waals surface area (Å²) >= 11 is 0. The number of amides is 2. The van der Waals surface area contributed by atoms with Crippen LogP contribution in [0.15, 0.2) is 71.6 Å². The van der Waals surface area contributed by atoms with Crippen molar-refractivity contribution in [1.29, 1.82) is 0 Å².